The van der Waals surface area contributed by atoms with Crippen molar-refractivity contribution in [2.24, 2.45) is 0 Å². The van der Waals surface area contributed by atoms with Crippen LogP contribution in [-0.2, 0) is 4.74 Å². The first-order chi connectivity index (χ1) is 7.31. The van der Waals surface area contributed by atoms with E-state index in [-0.39, 0.29) is 0 Å². The molecule has 0 radical (unpaired) electrons. The van der Waals surface area contributed by atoms with E-state index >= 15 is 0 Å². The molecule has 0 aromatic carbocycles. The number of pyridine rings is 1. The molecular weight excluding hydrogens is 190 g/mol. The van der Waals surface area contributed by atoms with Gasteiger partial charge in [-0.15, -0.1) is 0 Å². The Hall–Kier alpha value is -1.29. The third kappa shape index (κ3) is 2.59. The summed E-state index contributed by atoms with van der Waals surface area (Å²) in [5.41, 5.74) is 6.83. The smallest absolute Gasteiger partial charge is 0.125 e. The molecule has 0 atom stereocenters. The molecule has 4 heteroatoms. The van der Waals surface area contributed by atoms with Gasteiger partial charge in [-0.1, -0.05) is 0 Å². The van der Waals surface area contributed by atoms with Gasteiger partial charge in [0.2, 0.25) is 0 Å². The van der Waals surface area contributed by atoms with Crippen molar-refractivity contribution in [1.82, 2.24) is 4.98 Å². The van der Waals surface area contributed by atoms with E-state index in [1.54, 1.807) is 13.3 Å². The van der Waals surface area contributed by atoms with Gasteiger partial charge in [-0.2, -0.15) is 0 Å². The normalized spacial score (nSPS) is 15.3. The Morgan fingerprint density at radius 1 is 1.60 bits per heavy atom. The minimum absolute atomic E-state index is 0.579. The zero-order valence-electron chi connectivity index (χ0n) is 9.02. The lowest BCUT2D eigenvalue weighted by molar-refractivity contribution is 0.205. The van der Waals surface area contributed by atoms with Crippen LogP contribution < -0.4 is 10.6 Å². The van der Waals surface area contributed by atoms with Gasteiger partial charge in [0, 0.05) is 37.6 Å². The molecule has 1 aliphatic carbocycles. The number of anilines is 2. The molecule has 4 nitrogen and oxygen atoms in total. The van der Waals surface area contributed by atoms with E-state index in [9.17, 15) is 0 Å². The number of ether oxygens (including phenoxy) is 1. The van der Waals surface area contributed by atoms with Crippen molar-refractivity contribution in [1.29, 1.82) is 0 Å². The van der Waals surface area contributed by atoms with Gasteiger partial charge in [-0.05, 0) is 18.9 Å². The molecule has 0 bridgehead atoms. The summed E-state index contributed by atoms with van der Waals surface area (Å²) in [6.45, 7) is 1.67. The second-order valence-electron chi connectivity index (χ2n) is 3.86. The van der Waals surface area contributed by atoms with Crippen LogP contribution in [0.5, 0.6) is 0 Å². The van der Waals surface area contributed by atoms with Gasteiger partial charge in [0.15, 0.2) is 0 Å². The maximum Gasteiger partial charge on any atom is 0.125 e. The van der Waals surface area contributed by atoms with Crippen LogP contribution in [0.3, 0.4) is 0 Å². The molecule has 1 aromatic rings. The van der Waals surface area contributed by atoms with Gasteiger partial charge in [0.1, 0.15) is 5.82 Å². The molecule has 1 saturated carbocycles. The van der Waals surface area contributed by atoms with Crippen LogP contribution in [0.4, 0.5) is 11.5 Å². The highest BCUT2D eigenvalue weighted by Gasteiger charge is 2.28. The topological polar surface area (TPSA) is 51.4 Å². The van der Waals surface area contributed by atoms with E-state index in [0.717, 1.165) is 18.8 Å². The highest BCUT2D eigenvalue weighted by Crippen LogP contribution is 2.31. The Morgan fingerprint density at radius 2 is 2.40 bits per heavy atom. The van der Waals surface area contributed by atoms with Gasteiger partial charge in [-0.3, -0.25) is 0 Å². The van der Waals surface area contributed by atoms with Crippen molar-refractivity contribution in [2.75, 3.05) is 30.9 Å². The van der Waals surface area contributed by atoms with Gasteiger partial charge in [-0.25, -0.2) is 4.98 Å². The number of hydrogen-bond acceptors (Lipinski definition) is 4. The number of nitrogen functional groups attached to an aromatic ring is 1. The molecule has 0 unspecified atom stereocenters. The van der Waals surface area contributed by atoms with Crippen LogP contribution in [0.2, 0.25) is 0 Å². The van der Waals surface area contributed by atoms with Crippen molar-refractivity contribution >= 4 is 11.5 Å². The van der Waals surface area contributed by atoms with Crippen molar-refractivity contribution in [2.45, 2.75) is 18.9 Å². The Balaban J connectivity index is 2.09. The molecule has 2 N–H and O–H groups in total. The van der Waals surface area contributed by atoms with Crippen molar-refractivity contribution in [3.63, 3.8) is 0 Å². The Kier molecular flexibility index (Phi) is 3.06. The molecule has 0 saturated heterocycles. The highest BCUT2D eigenvalue weighted by molar-refractivity contribution is 5.53. The third-order valence-corrected chi connectivity index (χ3v) is 2.62. The number of methoxy groups -OCH3 is 1. The summed E-state index contributed by atoms with van der Waals surface area (Å²) in [5.74, 6) is 0.579. The first kappa shape index (κ1) is 10.2. The molecule has 0 spiro atoms. The summed E-state index contributed by atoms with van der Waals surface area (Å²) in [6, 6.07) is 4.60. The Labute approximate surface area is 90.0 Å². The maximum atomic E-state index is 5.68. The minimum Gasteiger partial charge on any atom is -0.384 e. The predicted molar refractivity (Wildman–Crippen MR) is 60.9 cm³/mol. The zero-order valence-corrected chi connectivity index (χ0v) is 9.02. The van der Waals surface area contributed by atoms with Crippen LogP contribution in [0, 0.1) is 0 Å². The summed E-state index contributed by atoms with van der Waals surface area (Å²) in [4.78, 5) is 6.35. The van der Waals surface area contributed by atoms with Crippen LogP contribution in [0.15, 0.2) is 18.3 Å². The molecule has 82 valence electrons. The van der Waals surface area contributed by atoms with E-state index in [1.165, 1.54) is 12.8 Å². The summed E-state index contributed by atoms with van der Waals surface area (Å²) < 4.78 is 5.11. The van der Waals surface area contributed by atoms with E-state index < -0.39 is 0 Å². The second-order valence-corrected chi connectivity index (χ2v) is 3.86. The van der Waals surface area contributed by atoms with Crippen molar-refractivity contribution < 1.29 is 4.74 Å². The standard InChI is InChI=1S/C11H17N3O/c1-15-7-6-14(9-2-3-9)10-4-5-13-11(12)8-10/h4-5,8-9H,2-3,6-7H2,1H3,(H2,12,13). The van der Waals surface area contributed by atoms with E-state index in [2.05, 4.69) is 9.88 Å². The average molecular weight is 207 g/mol. The molecule has 2 rings (SSSR count). The molecule has 1 aromatic heterocycles. The molecule has 1 heterocycles. The Bertz CT molecular complexity index is 325. The molecule has 0 amide bonds. The number of hydrogen-bond donors (Lipinski definition) is 1. The van der Waals surface area contributed by atoms with Crippen LogP contribution in [0.25, 0.3) is 0 Å². The first-order valence-electron chi connectivity index (χ1n) is 5.28. The molecule has 0 aliphatic heterocycles. The summed E-state index contributed by atoms with van der Waals surface area (Å²) in [6.07, 6.45) is 4.30. The number of aromatic nitrogens is 1. The number of nitrogens with two attached hydrogens (primary N) is 1. The van der Waals surface area contributed by atoms with E-state index in [4.69, 9.17) is 10.5 Å². The molecule has 15 heavy (non-hydrogen) atoms. The first-order valence-corrected chi connectivity index (χ1v) is 5.28. The van der Waals surface area contributed by atoms with Gasteiger partial charge >= 0.3 is 0 Å². The second kappa shape index (κ2) is 4.49. The molecular formula is C11H17N3O. The summed E-state index contributed by atoms with van der Waals surface area (Å²) in [5, 5.41) is 0. The van der Waals surface area contributed by atoms with Crippen molar-refractivity contribution in [3.8, 4) is 0 Å². The fourth-order valence-corrected chi connectivity index (χ4v) is 1.71. The maximum absolute atomic E-state index is 5.68. The number of nitrogens with zero attached hydrogens (tertiary/aromatic N) is 2. The van der Waals surface area contributed by atoms with Gasteiger partial charge in [0.05, 0.1) is 6.61 Å². The predicted octanol–water partition coefficient (Wildman–Crippen LogP) is 1.28. The lowest BCUT2D eigenvalue weighted by atomic mass is 10.3. The highest BCUT2D eigenvalue weighted by atomic mass is 16.5. The average Bonchev–Trinajstić information content (AvgIpc) is 3.03. The van der Waals surface area contributed by atoms with Crippen LogP contribution >= 0.6 is 0 Å². The van der Waals surface area contributed by atoms with E-state index in [1.807, 2.05) is 12.1 Å². The summed E-state index contributed by atoms with van der Waals surface area (Å²) in [7, 11) is 1.73. The van der Waals surface area contributed by atoms with E-state index in [0.29, 0.717) is 11.9 Å². The molecule has 1 aliphatic rings. The van der Waals surface area contributed by atoms with Crippen LogP contribution in [0.1, 0.15) is 12.8 Å². The lowest BCUT2D eigenvalue weighted by Crippen LogP contribution is -2.29. The SMILES string of the molecule is COCCN(c1ccnc(N)c1)C1CC1. The number of rotatable bonds is 5. The monoisotopic (exact) mass is 207 g/mol. The van der Waals surface area contributed by atoms with Gasteiger partial charge in [0.25, 0.3) is 0 Å². The van der Waals surface area contributed by atoms with Crippen LogP contribution in [-0.4, -0.2) is 31.3 Å². The third-order valence-electron chi connectivity index (χ3n) is 2.62. The zero-order chi connectivity index (χ0) is 10.7. The Morgan fingerprint density at radius 3 is 3.00 bits per heavy atom. The largest absolute Gasteiger partial charge is 0.384 e. The minimum atomic E-state index is 0.579. The fourth-order valence-electron chi connectivity index (χ4n) is 1.71. The summed E-state index contributed by atoms with van der Waals surface area (Å²) >= 11 is 0. The molecule has 1 fully saturated rings. The fraction of sp³-hybridized carbons (Fsp3) is 0.545. The lowest BCUT2D eigenvalue weighted by Gasteiger charge is -2.24. The van der Waals surface area contributed by atoms with Gasteiger partial charge < -0.3 is 15.4 Å². The quantitative estimate of drug-likeness (QED) is 0.790. The van der Waals surface area contributed by atoms with Crippen molar-refractivity contribution in [3.05, 3.63) is 18.3 Å².